The van der Waals surface area contributed by atoms with Gasteiger partial charge < -0.3 is 9.57 Å². The van der Waals surface area contributed by atoms with Crippen LogP contribution in [-0.2, 0) is 16.2 Å². The Morgan fingerprint density at radius 3 is 2.52 bits per heavy atom. The maximum absolute atomic E-state index is 11.9. The van der Waals surface area contributed by atoms with E-state index in [4.69, 9.17) is 15.0 Å². The van der Waals surface area contributed by atoms with Crippen LogP contribution in [0.1, 0.15) is 32.0 Å². The smallest absolute Gasteiger partial charge is 0.413 e. The summed E-state index contributed by atoms with van der Waals surface area (Å²) in [7, 11) is 1.33. The number of carbonyl (C=O) groups excluding carboxylic acids is 1. The molecule has 1 amide bonds. The molecule has 0 unspecified atom stereocenters. The summed E-state index contributed by atoms with van der Waals surface area (Å²) in [6.45, 7) is 5.32. The van der Waals surface area contributed by atoms with E-state index in [0.717, 1.165) is 0 Å². The van der Waals surface area contributed by atoms with Crippen molar-refractivity contribution in [2.45, 2.75) is 33.0 Å². The van der Waals surface area contributed by atoms with Crippen LogP contribution >= 0.6 is 0 Å². The van der Waals surface area contributed by atoms with E-state index in [-0.39, 0.29) is 18.2 Å². The topological polar surface area (TPSA) is 120 Å². The average Bonchev–Trinajstić information content (AvgIpc) is 2.64. The molecule has 0 atom stereocenters. The van der Waals surface area contributed by atoms with E-state index in [1.54, 1.807) is 63.2 Å². The van der Waals surface area contributed by atoms with Crippen LogP contribution in [0.25, 0.3) is 0 Å². The Hall–Kier alpha value is -3.46. The van der Waals surface area contributed by atoms with Crippen molar-refractivity contribution in [3.05, 3.63) is 59.8 Å². The van der Waals surface area contributed by atoms with Crippen molar-refractivity contribution >= 4 is 23.5 Å². The molecule has 0 aliphatic rings. The van der Waals surface area contributed by atoms with Gasteiger partial charge in [-0.05, 0) is 32.9 Å². The minimum Gasteiger partial charge on any atom is -0.444 e. The molecule has 1 heterocycles. The van der Waals surface area contributed by atoms with Crippen molar-refractivity contribution in [2.75, 3.05) is 12.4 Å². The summed E-state index contributed by atoms with van der Waals surface area (Å²) in [6.07, 6.45) is -0.605. The first-order chi connectivity index (χ1) is 13.7. The largest absolute Gasteiger partial charge is 0.444 e. The van der Waals surface area contributed by atoms with E-state index >= 15 is 0 Å². The number of hydrogen-bond donors (Lipinski definition) is 3. The third-order valence-corrected chi connectivity index (χ3v) is 3.40. The molecule has 2 aromatic rings. The van der Waals surface area contributed by atoms with Crippen molar-refractivity contribution < 1.29 is 19.6 Å². The number of benzene rings is 1. The van der Waals surface area contributed by atoms with Crippen molar-refractivity contribution in [3.63, 3.8) is 0 Å². The van der Waals surface area contributed by atoms with Crippen LogP contribution in [0, 0.1) is 5.41 Å². The first-order valence-electron chi connectivity index (χ1n) is 8.88. The van der Waals surface area contributed by atoms with E-state index in [0.29, 0.717) is 22.1 Å². The number of amides is 1. The summed E-state index contributed by atoms with van der Waals surface area (Å²) in [4.78, 5) is 21.5. The van der Waals surface area contributed by atoms with Gasteiger partial charge in [0, 0.05) is 12.6 Å². The lowest BCUT2D eigenvalue weighted by molar-refractivity contribution is 0.0148. The molecule has 0 aliphatic heterocycles. The molecule has 2 rings (SSSR count). The van der Waals surface area contributed by atoms with Crippen molar-refractivity contribution in [3.8, 4) is 0 Å². The number of amidine groups is 1. The molecule has 0 bridgehead atoms. The highest BCUT2D eigenvalue weighted by Gasteiger charge is 2.17. The fourth-order valence-corrected chi connectivity index (χ4v) is 2.18. The Bertz CT molecular complexity index is 876. The number of hydroxylamine groups is 2. The lowest BCUT2D eigenvalue weighted by atomic mass is 10.1. The van der Waals surface area contributed by atoms with Crippen LogP contribution in [0.5, 0.6) is 0 Å². The molecule has 0 fully saturated rings. The zero-order chi connectivity index (χ0) is 21.4. The number of oxime groups is 1. The SMILES string of the molecule is CN(O)C(=N)/C(=N\OCc1cccc(NC(=O)OC(C)(C)C)n1)c1ccccc1. The van der Waals surface area contributed by atoms with E-state index in [1.807, 2.05) is 6.07 Å². The Labute approximate surface area is 169 Å². The van der Waals surface area contributed by atoms with Gasteiger partial charge >= 0.3 is 6.09 Å². The second-order valence-electron chi connectivity index (χ2n) is 7.09. The lowest BCUT2D eigenvalue weighted by Gasteiger charge is -2.19. The molecule has 3 N–H and O–H groups in total. The highest BCUT2D eigenvalue weighted by molar-refractivity contribution is 6.45. The van der Waals surface area contributed by atoms with Crippen molar-refractivity contribution in [2.24, 2.45) is 5.16 Å². The third-order valence-electron chi connectivity index (χ3n) is 3.40. The first kappa shape index (κ1) is 21.8. The van der Waals surface area contributed by atoms with E-state index in [1.165, 1.54) is 7.05 Å². The summed E-state index contributed by atoms with van der Waals surface area (Å²) in [5.74, 6) is 0.0972. The monoisotopic (exact) mass is 399 g/mol. The van der Waals surface area contributed by atoms with Crippen LogP contribution in [0.3, 0.4) is 0 Å². The molecule has 0 saturated carbocycles. The standard InChI is InChI=1S/C20H25N5O4/c1-20(2,3)29-19(26)23-16-12-8-11-15(22-16)13-28-24-17(18(21)25(4)27)14-9-6-5-7-10-14/h5-12,21,27H,13H2,1-4H3,(H,22,23,26)/b21-18?,24-17-. The highest BCUT2D eigenvalue weighted by atomic mass is 16.6. The minimum atomic E-state index is -0.613. The summed E-state index contributed by atoms with van der Waals surface area (Å²) >= 11 is 0. The lowest BCUT2D eigenvalue weighted by Crippen LogP contribution is -2.30. The Morgan fingerprint density at radius 2 is 1.90 bits per heavy atom. The van der Waals surface area contributed by atoms with E-state index in [9.17, 15) is 10.0 Å². The molecule has 0 radical (unpaired) electrons. The highest BCUT2D eigenvalue weighted by Crippen LogP contribution is 2.11. The van der Waals surface area contributed by atoms with Crippen molar-refractivity contribution in [1.82, 2.24) is 10.0 Å². The van der Waals surface area contributed by atoms with Gasteiger partial charge in [-0.15, -0.1) is 0 Å². The molecule has 9 heteroatoms. The number of hydrogen-bond acceptors (Lipinski definition) is 7. The van der Waals surface area contributed by atoms with Gasteiger partial charge in [0.2, 0.25) is 0 Å². The Kier molecular flexibility index (Phi) is 7.27. The number of nitrogens with zero attached hydrogens (tertiary/aromatic N) is 3. The summed E-state index contributed by atoms with van der Waals surface area (Å²) in [5, 5.41) is 24.8. The normalized spacial score (nSPS) is 11.6. The molecule has 0 spiro atoms. The van der Waals surface area contributed by atoms with Gasteiger partial charge in [-0.3, -0.25) is 15.9 Å². The number of likely N-dealkylation sites (N-methyl/N-ethyl adjacent to an activating group) is 1. The molecular weight excluding hydrogens is 374 g/mol. The molecular formula is C20H25N5O4. The molecule has 0 saturated heterocycles. The number of anilines is 1. The van der Waals surface area contributed by atoms with Crippen LogP contribution in [-0.4, -0.2) is 45.5 Å². The predicted octanol–water partition coefficient (Wildman–Crippen LogP) is 3.65. The van der Waals surface area contributed by atoms with Gasteiger partial charge in [0.05, 0.1) is 5.69 Å². The molecule has 9 nitrogen and oxygen atoms in total. The molecule has 29 heavy (non-hydrogen) atoms. The Balaban J connectivity index is 2.07. The molecule has 154 valence electrons. The summed E-state index contributed by atoms with van der Waals surface area (Å²) in [6, 6.07) is 14.0. The minimum absolute atomic E-state index is 0.00257. The second kappa shape index (κ2) is 9.65. The fourth-order valence-electron chi connectivity index (χ4n) is 2.18. The predicted molar refractivity (Wildman–Crippen MR) is 109 cm³/mol. The number of ether oxygens (including phenoxy) is 1. The molecule has 1 aromatic carbocycles. The fraction of sp³-hybridized carbons (Fsp3) is 0.300. The molecule has 1 aromatic heterocycles. The van der Waals surface area contributed by atoms with Gasteiger partial charge in [-0.25, -0.2) is 14.8 Å². The number of rotatable bonds is 6. The van der Waals surface area contributed by atoms with Gasteiger partial charge in [-0.2, -0.15) is 0 Å². The van der Waals surface area contributed by atoms with E-state index < -0.39 is 11.7 Å². The van der Waals surface area contributed by atoms with Crippen LogP contribution in [0.4, 0.5) is 10.6 Å². The number of aromatic nitrogens is 1. The van der Waals surface area contributed by atoms with Gasteiger partial charge in [0.25, 0.3) is 0 Å². The maximum atomic E-state index is 11.9. The third kappa shape index (κ3) is 7.23. The Morgan fingerprint density at radius 1 is 1.21 bits per heavy atom. The summed E-state index contributed by atoms with van der Waals surface area (Å²) < 4.78 is 5.20. The van der Waals surface area contributed by atoms with Gasteiger partial charge in [0.15, 0.2) is 18.2 Å². The average molecular weight is 399 g/mol. The van der Waals surface area contributed by atoms with Crippen LogP contribution in [0.2, 0.25) is 0 Å². The zero-order valence-corrected chi connectivity index (χ0v) is 16.8. The number of pyridine rings is 1. The van der Waals surface area contributed by atoms with Gasteiger partial charge in [0.1, 0.15) is 11.4 Å². The van der Waals surface area contributed by atoms with Crippen LogP contribution < -0.4 is 5.32 Å². The maximum Gasteiger partial charge on any atom is 0.413 e. The first-order valence-corrected chi connectivity index (χ1v) is 8.88. The second-order valence-corrected chi connectivity index (χ2v) is 7.09. The zero-order valence-electron chi connectivity index (χ0n) is 16.8. The number of nitrogens with one attached hydrogen (secondary N) is 2. The van der Waals surface area contributed by atoms with Crippen molar-refractivity contribution in [1.29, 1.82) is 5.41 Å². The van der Waals surface area contributed by atoms with Gasteiger partial charge in [-0.1, -0.05) is 41.6 Å². The number of carbonyl (C=O) groups is 1. The van der Waals surface area contributed by atoms with E-state index in [2.05, 4.69) is 15.5 Å². The van der Waals surface area contributed by atoms with Crippen LogP contribution in [0.15, 0.2) is 53.7 Å². The molecule has 0 aliphatic carbocycles. The quantitative estimate of drug-likeness (QED) is 0.387. The summed E-state index contributed by atoms with van der Waals surface area (Å²) in [5.41, 5.74) is 0.682.